The minimum Gasteiger partial charge on any atom is -0.388 e. The van der Waals surface area contributed by atoms with E-state index < -0.39 is 12.2 Å². The van der Waals surface area contributed by atoms with Crippen LogP contribution >= 0.6 is 0 Å². The Morgan fingerprint density at radius 1 is 0.895 bits per heavy atom. The van der Waals surface area contributed by atoms with Gasteiger partial charge in [-0.25, -0.2) is 0 Å². The van der Waals surface area contributed by atoms with Crippen molar-refractivity contribution in [1.29, 1.82) is 0 Å². The predicted octanol–water partition coefficient (Wildman–Crippen LogP) is 2.22. The van der Waals surface area contributed by atoms with Gasteiger partial charge in [0.2, 0.25) is 0 Å². The molecule has 2 N–H and O–H groups in total. The van der Waals surface area contributed by atoms with Crippen LogP contribution in [0.1, 0.15) is 11.7 Å². The van der Waals surface area contributed by atoms with E-state index in [1.807, 2.05) is 72.6 Å². The first-order valence-corrected chi connectivity index (χ1v) is 6.36. The van der Waals surface area contributed by atoms with Crippen molar-refractivity contribution >= 4 is 5.69 Å². The molecule has 0 spiro atoms. The Kier molecular flexibility index (Phi) is 4.55. The zero-order valence-corrected chi connectivity index (χ0v) is 11.0. The van der Waals surface area contributed by atoms with E-state index >= 15 is 0 Å². The van der Waals surface area contributed by atoms with E-state index in [2.05, 4.69) is 0 Å². The summed E-state index contributed by atoms with van der Waals surface area (Å²) in [7, 11) is 1.90. The number of anilines is 1. The van der Waals surface area contributed by atoms with Crippen LogP contribution in [0.5, 0.6) is 0 Å². The second-order valence-corrected chi connectivity index (χ2v) is 4.64. The number of benzene rings is 2. The van der Waals surface area contributed by atoms with Gasteiger partial charge in [0.1, 0.15) is 12.2 Å². The van der Waals surface area contributed by atoms with Crippen molar-refractivity contribution in [3.63, 3.8) is 0 Å². The Hall–Kier alpha value is -1.84. The lowest BCUT2D eigenvalue weighted by molar-refractivity contribution is 0.0237. The first-order chi connectivity index (χ1) is 9.18. The number of aliphatic hydroxyl groups is 2. The van der Waals surface area contributed by atoms with Crippen LogP contribution in [0.4, 0.5) is 5.69 Å². The molecule has 2 aromatic rings. The molecule has 2 aromatic carbocycles. The number of aliphatic hydroxyl groups excluding tert-OH is 2. The molecule has 0 aliphatic heterocycles. The average molecular weight is 257 g/mol. The molecule has 0 aromatic heterocycles. The highest BCUT2D eigenvalue weighted by Crippen LogP contribution is 2.19. The third-order valence-corrected chi connectivity index (χ3v) is 3.16. The van der Waals surface area contributed by atoms with Gasteiger partial charge in [-0.3, -0.25) is 0 Å². The van der Waals surface area contributed by atoms with Crippen molar-refractivity contribution in [3.05, 3.63) is 66.2 Å². The topological polar surface area (TPSA) is 43.7 Å². The SMILES string of the molecule is CN(CC(O)C(O)c1ccccc1)c1ccccc1. The van der Waals surface area contributed by atoms with Gasteiger partial charge >= 0.3 is 0 Å². The number of rotatable bonds is 5. The standard InChI is InChI=1S/C16H19NO2/c1-17(14-10-6-3-7-11-14)12-15(18)16(19)13-8-4-2-5-9-13/h2-11,15-16,18-19H,12H2,1H3. The van der Waals surface area contributed by atoms with Gasteiger partial charge in [-0.15, -0.1) is 0 Å². The lowest BCUT2D eigenvalue weighted by atomic mass is 10.0. The summed E-state index contributed by atoms with van der Waals surface area (Å²) in [6.07, 6.45) is -1.69. The van der Waals surface area contributed by atoms with Crippen LogP contribution in [-0.2, 0) is 0 Å². The second-order valence-electron chi connectivity index (χ2n) is 4.64. The second kappa shape index (κ2) is 6.36. The monoisotopic (exact) mass is 257 g/mol. The third-order valence-electron chi connectivity index (χ3n) is 3.16. The van der Waals surface area contributed by atoms with Gasteiger partial charge in [-0.2, -0.15) is 0 Å². The van der Waals surface area contributed by atoms with E-state index in [-0.39, 0.29) is 0 Å². The molecule has 0 bridgehead atoms. The largest absolute Gasteiger partial charge is 0.388 e. The molecule has 3 nitrogen and oxygen atoms in total. The Balaban J connectivity index is 1.99. The van der Waals surface area contributed by atoms with Crippen LogP contribution in [0, 0.1) is 0 Å². The van der Waals surface area contributed by atoms with E-state index in [4.69, 9.17) is 0 Å². The van der Waals surface area contributed by atoms with Gasteiger partial charge in [0.15, 0.2) is 0 Å². The molecule has 100 valence electrons. The lowest BCUT2D eigenvalue weighted by Gasteiger charge is -2.25. The highest BCUT2D eigenvalue weighted by atomic mass is 16.3. The zero-order chi connectivity index (χ0) is 13.7. The third kappa shape index (κ3) is 3.56. The Labute approximate surface area is 113 Å². The quantitative estimate of drug-likeness (QED) is 0.863. The molecule has 2 unspecified atom stereocenters. The zero-order valence-electron chi connectivity index (χ0n) is 11.0. The predicted molar refractivity (Wildman–Crippen MR) is 77.1 cm³/mol. The van der Waals surface area contributed by atoms with Gasteiger partial charge in [0.25, 0.3) is 0 Å². The number of likely N-dealkylation sites (N-methyl/N-ethyl adjacent to an activating group) is 1. The number of nitrogens with zero attached hydrogens (tertiary/aromatic N) is 1. The summed E-state index contributed by atoms with van der Waals surface area (Å²) in [5.41, 5.74) is 1.75. The van der Waals surface area contributed by atoms with E-state index in [0.29, 0.717) is 6.54 Å². The maximum atomic E-state index is 10.1. The van der Waals surface area contributed by atoms with E-state index in [1.54, 1.807) is 0 Å². The molecule has 0 fully saturated rings. The molecule has 0 aliphatic rings. The van der Waals surface area contributed by atoms with E-state index in [1.165, 1.54) is 0 Å². The van der Waals surface area contributed by atoms with Gasteiger partial charge in [-0.05, 0) is 17.7 Å². The fourth-order valence-electron chi connectivity index (χ4n) is 2.04. The van der Waals surface area contributed by atoms with Gasteiger partial charge < -0.3 is 15.1 Å². The van der Waals surface area contributed by atoms with Crippen molar-refractivity contribution in [2.75, 3.05) is 18.5 Å². The number of hydrogen-bond donors (Lipinski definition) is 2. The smallest absolute Gasteiger partial charge is 0.107 e. The minimum atomic E-state index is -0.868. The van der Waals surface area contributed by atoms with Crippen LogP contribution in [0.3, 0.4) is 0 Å². The molecular weight excluding hydrogens is 238 g/mol. The van der Waals surface area contributed by atoms with E-state index in [0.717, 1.165) is 11.3 Å². The summed E-state index contributed by atoms with van der Waals surface area (Å²) in [6.45, 7) is 0.375. The highest BCUT2D eigenvalue weighted by molar-refractivity contribution is 5.45. The van der Waals surface area contributed by atoms with Crippen LogP contribution in [0.2, 0.25) is 0 Å². The van der Waals surface area contributed by atoms with Crippen molar-refractivity contribution in [2.24, 2.45) is 0 Å². The summed E-state index contributed by atoms with van der Waals surface area (Å²) in [4.78, 5) is 1.93. The minimum absolute atomic E-state index is 0.375. The summed E-state index contributed by atoms with van der Waals surface area (Å²) in [5.74, 6) is 0. The molecule has 0 radical (unpaired) electrons. The van der Waals surface area contributed by atoms with E-state index in [9.17, 15) is 10.2 Å². The average Bonchev–Trinajstić information content (AvgIpc) is 2.48. The molecule has 0 aliphatic carbocycles. The van der Waals surface area contributed by atoms with Crippen LogP contribution in [0.25, 0.3) is 0 Å². The fraction of sp³-hybridized carbons (Fsp3) is 0.250. The van der Waals surface area contributed by atoms with Crippen LogP contribution < -0.4 is 4.90 Å². The fourth-order valence-corrected chi connectivity index (χ4v) is 2.04. The number of hydrogen-bond acceptors (Lipinski definition) is 3. The first kappa shape index (κ1) is 13.6. The summed E-state index contributed by atoms with van der Waals surface area (Å²) >= 11 is 0. The van der Waals surface area contributed by atoms with Gasteiger partial charge in [-0.1, -0.05) is 48.5 Å². The number of para-hydroxylation sites is 1. The van der Waals surface area contributed by atoms with Crippen LogP contribution in [-0.4, -0.2) is 29.9 Å². The molecular formula is C16H19NO2. The molecule has 0 heterocycles. The maximum Gasteiger partial charge on any atom is 0.107 e. The Morgan fingerprint density at radius 2 is 1.42 bits per heavy atom. The molecule has 2 atom stereocenters. The molecule has 0 saturated heterocycles. The summed E-state index contributed by atoms with van der Waals surface area (Å²) in [5, 5.41) is 20.2. The van der Waals surface area contributed by atoms with Crippen molar-refractivity contribution < 1.29 is 10.2 Å². The Bertz CT molecular complexity index is 487. The van der Waals surface area contributed by atoms with Gasteiger partial charge in [0.05, 0.1) is 0 Å². The molecule has 0 amide bonds. The highest BCUT2D eigenvalue weighted by Gasteiger charge is 2.19. The van der Waals surface area contributed by atoms with Crippen LogP contribution in [0.15, 0.2) is 60.7 Å². The summed E-state index contributed by atoms with van der Waals surface area (Å²) in [6, 6.07) is 19.0. The molecule has 2 rings (SSSR count). The lowest BCUT2D eigenvalue weighted by Crippen LogP contribution is -2.33. The Morgan fingerprint density at radius 3 is 2.00 bits per heavy atom. The molecule has 3 heteroatoms. The molecule has 19 heavy (non-hydrogen) atoms. The normalized spacial score (nSPS) is 13.8. The van der Waals surface area contributed by atoms with Crippen molar-refractivity contribution in [3.8, 4) is 0 Å². The molecule has 0 saturated carbocycles. The van der Waals surface area contributed by atoms with Gasteiger partial charge in [0, 0.05) is 19.3 Å². The van der Waals surface area contributed by atoms with Crippen molar-refractivity contribution in [1.82, 2.24) is 0 Å². The maximum absolute atomic E-state index is 10.1. The first-order valence-electron chi connectivity index (χ1n) is 6.36. The summed E-state index contributed by atoms with van der Waals surface area (Å²) < 4.78 is 0. The van der Waals surface area contributed by atoms with Crippen molar-refractivity contribution in [2.45, 2.75) is 12.2 Å².